The average Bonchev–Trinajstić information content (AvgIpc) is 3.42. The van der Waals surface area contributed by atoms with Crippen molar-refractivity contribution in [2.24, 2.45) is 5.92 Å². The van der Waals surface area contributed by atoms with E-state index in [0.717, 1.165) is 5.56 Å². The monoisotopic (exact) mass is 353 g/mol. The van der Waals surface area contributed by atoms with Crippen LogP contribution >= 0.6 is 0 Å². The Morgan fingerprint density at radius 2 is 1.88 bits per heavy atom. The van der Waals surface area contributed by atoms with E-state index in [1.54, 1.807) is 36.8 Å². The highest BCUT2D eigenvalue weighted by molar-refractivity contribution is 7.90. The van der Waals surface area contributed by atoms with Crippen molar-refractivity contribution in [2.45, 2.75) is 17.2 Å². The number of amides is 1. The maximum Gasteiger partial charge on any atom is 0.264 e. The van der Waals surface area contributed by atoms with Crippen LogP contribution in [0.25, 0.3) is 10.8 Å². The smallest absolute Gasteiger partial charge is 0.264 e. The number of aromatic nitrogens is 2. The molecule has 6 nitrogen and oxygen atoms in total. The van der Waals surface area contributed by atoms with Gasteiger partial charge in [0.2, 0.25) is 5.91 Å². The molecule has 0 unspecified atom stereocenters. The van der Waals surface area contributed by atoms with E-state index >= 15 is 0 Å². The third-order valence-corrected chi connectivity index (χ3v) is 5.81. The van der Waals surface area contributed by atoms with Crippen LogP contribution < -0.4 is 4.72 Å². The predicted molar refractivity (Wildman–Crippen MR) is 92.2 cm³/mol. The lowest BCUT2D eigenvalue weighted by Gasteiger charge is -2.09. The van der Waals surface area contributed by atoms with Crippen LogP contribution in [-0.2, 0) is 14.8 Å². The predicted octanol–water partition coefficient (Wildman–Crippen LogP) is 2.24. The zero-order chi connectivity index (χ0) is 17.4. The minimum Gasteiger partial charge on any atom is -0.274 e. The van der Waals surface area contributed by atoms with Crippen molar-refractivity contribution in [1.29, 1.82) is 0 Å². The lowest BCUT2D eigenvalue weighted by atomic mass is 10.1. The van der Waals surface area contributed by atoms with Crippen molar-refractivity contribution in [3.05, 3.63) is 66.7 Å². The topological polar surface area (TPSA) is 89.0 Å². The summed E-state index contributed by atoms with van der Waals surface area (Å²) in [4.78, 5) is 20.5. The summed E-state index contributed by atoms with van der Waals surface area (Å²) >= 11 is 0. The fourth-order valence-electron chi connectivity index (χ4n) is 3.04. The Hall–Kier alpha value is -2.80. The van der Waals surface area contributed by atoms with Crippen LogP contribution in [0.4, 0.5) is 0 Å². The van der Waals surface area contributed by atoms with Crippen LogP contribution in [0.3, 0.4) is 0 Å². The number of hydrogen-bond donors (Lipinski definition) is 1. The number of sulfonamides is 1. The van der Waals surface area contributed by atoms with Gasteiger partial charge >= 0.3 is 0 Å². The molecule has 7 heteroatoms. The molecule has 0 radical (unpaired) electrons. The Morgan fingerprint density at radius 1 is 1.04 bits per heavy atom. The Morgan fingerprint density at radius 3 is 2.68 bits per heavy atom. The summed E-state index contributed by atoms with van der Waals surface area (Å²) in [6.45, 7) is 0. The molecule has 2 aromatic heterocycles. The average molecular weight is 353 g/mol. The molecule has 0 saturated heterocycles. The first-order chi connectivity index (χ1) is 12.1. The van der Waals surface area contributed by atoms with Gasteiger partial charge in [-0.3, -0.25) is 14.8 Å². The third-order valence-electron chi connectivity index (χ3n) is 4.40. The number of hydrogen-bond acceptors (Lipinski definition) is 5. The van der Waals surface area contributed by atoms with Gasteiger partial charge in [0.25, 0.3) is 10.0 Å². The second-order valence-electron chi connectivity index (χ2n) is 6.06. The van der Waals surface area contributed by atoms with Crippen LogP contribution in [0.15, 0.2) is 66.1 Å². The summed E-state index contributed by atoms with van der Waals surface area (Å²) in [7, 11) is -3.94. The molecular formula is C18H15N3O3S. The molecule has 0 aliphatic heterocycles. The highest BCUT2D eigenvalue weighted by Crippen LogP contribution is 2.47. The van der Waals surface area contributed by atoms with E-state index in [0.29, 0.717) is 17.2 Å². The van der Waals surface area contributed by atoms with Crippen LogP contribution in [-0.4, -0.2) is 24.3 Å². The first kappa shape index (κ1) is 15.7. The lowest BCUT2D eigenvalue weighted by Crippen LogP contribution is -2.32. The second-order valence-corrected chi connectivity index (χ2v) is 7.71. The minimum absolute atomic E-state index is 0.0283. The van der Waals surface area contributed by atoms with E-state index < -0.39 is 15.9 Å². The fraction of sp³-hybridized carbons (Fsp3) is 0.167. The summed E-state index contributed by atoms with van der Waals surface area (Å²) in [5.74, 6) is -0.781. The fourth-order valence-corrected chi connectivity index (χ4v) is 4.30. The highest BCUT2D eigenvalue weighted by atomic mass is 32.2. The van der Waals surface area contributed by atoms with E-state index in [2.05, 4.69) is 14.7 Å². The number of nitrogens with zero attached hydrogens (tertiary/aromatic N) is 2. The van der Waals surface area contributed by atoms with E-state index in [1.807, 2.05) is 12.1 Å². The number of rotatable bonds is 4. The number of fused-ring (bicyclic) bond motifs is 1. The number of carbonyl (C=O) groups excluding carboxylic acids is 1. The van der Waals surface area contributed by atoms with Crippen molar-refractivity contribution in [2.75, 3.05) is 0 Å². The molecule has 1 aliphatic carbocycles. The van der Waals surface area contributed by atoms with E-state index in [9.17, 15) is 13.2 Å². The number of benzene rings is 1. The maximum absolute atomic E-state index is 12.7. The maximum atomic E-state index is 12.7. The summed E-state index contributed by atoms with van der Waals surface area (Å²) in [5.41, 5.74) is 0.955. The van der Waals surface area contributed by atoms with Crippen molar-refractivity contribution in [3.63, 3.8) is 0 Å². The Labute approximate surface area is 145 Å². The van der Waals surface area contributed by atoms with Crippen molar-refractivity contribution in [3.8, 4) is 0 Å². The molecule has 1 saturated carbocycles. The van der Waals surface area contributed by atoms with E-state index in [-0.39, 0.29) is 16.7 Å². The van der Waals surface area contributed by atoms with Gasteiger partial charge in [0.05, 0.1) is 4.90 Å². The lowest BCUT2D eigenvalue weighted by molar-refractivity contribution is -0.120. The largest absolute Gasteiger partial charge is 0.274 e. The zero-order valence-corrected chi connectivity index (χ0v) is 14.0. The Kier molecular flexibility index (Phi) is 3.73. The van der Waals surface area contributed by atoms with Crippen LogP contribution in [0.5, 0.6) is 0 Å². The quantitative estimate of drug-likeness (QED) is 0.777. The van der Waals surface area contributed by atoms with Crippen molar-refractivity contribution in [1.82, 2.24) is 14.7 Å². The van der Waals surface area contributed by atoms with Gasteiger partial charge in [-0.05, 0) is 36.1 Å². The van der Waals surface area contributed by atoms with E-state index in [4.69, 9.17) is 0 Å². The molecule has 1 N–H and O–H groups in total. The molecule has 1 aliphatic rings. The van der Waals surface area contributed by atoms with Crippen molar-refractivity contribution >= 4 is 26.7 Å². The first-order valence-electron chi connectivity index (χ1n) is 7.85. The van der Waals surface area contributed by atoms with Gasteiger partial charge in [-0.15, -0.1) is 0 Å². The minimum atomic E-state index is -3.94. The summed E-state index contributed by atoms with van der Waals surface area (Å²) in [6.07, 6.45) is 7.13. The van der Waals surface area contributed by atoms with E-state index in [1.165, 1.54) is 12.3 Å². The highest BCUT2D eigenvalue weighted by Gasteiger charge is 2.45. The SMILES string of the molecule is O=C(NS(=O)(=O)c1cccc2cnccc12)[C@@H]1C[C@H]1c1cccnc1. The number of nitrogens with one attached hydrogen (secondary N) is 1. The Bertz CT molecular complexity index is 1050. The molecule has 0 bridgehead atoms. The summed E-state index contributed by atoms with van der Waals surface area (Å²) < 4.78 is 27.6. The number of carbonyl (C=O) groups is 1. The first-order valence-corrected chi connectivity index (χ1v) is 9.34. The van der Waals surface area contributed by atoms with Gasteiger partial charge in [-0.25, -0.2) is 13.1 Å². The standard InChI is InChI=1S/C18H15N3O3S/c22-18(16-9-15(16)13-4-2-7-19-11-13)21-25(23,24)17-5-1-3-12-10-20-8-6-14(12)17/h1-8,10-11,15-16H,9H2,(H,21,22)/t15-,16+/m0/s1. The molecule has 25 heavy (non-hydrogen) atoms. The molecule has 4 rings (SSSR count). The van der Waals surface area contributed by atoms with Crippen LogP contribution in [0.2, 0.25) is 0 Å². The molecule has 3 aromatic rings. The summed E-state index contributed by atoms with van der Waals surface area (Å²) in [5, 5.41) is 1.25. The summed E-state index contributed by atoms with van der Waals surface area (Å²) in [6, 6.07) is 10.2. The van der Waals surface area contributed by atoms with Gasteiger partial charge in [-0.1, -0.05) is 18.2 Å². The third kappa shape index (κ3) is 2.98. The molecule has 2 heterocycles. The zero-order valence-electron chi connectivity index (χ0n) is 13.2. The number of pyridine rings is 2. The van der Waals surface area contributed by atoms with Gasteiger partial charge in [-0.2, -0.15) is 0 Å². The normalized spacial score (nSPS) is 19.5. The van der Waals surface area contributed by atoms with Crippen LogP contribution in [0.1, 0.15) is 17.9 Å². The van der Waals surface area contributed by atoms with Gasteiger partial charge in [0.1, 0.15) is 0 Å². The molecule has 1 fully saturated rings. The van der Waals surface area contributed by atoms with Crippen molar-refractivity contribution < 1.29 is 13.2 Å². The molecule has 0 spiro atoms. The Balaban J connectivity index is 1.57. The molecule has 1 aromatic carbocycles. The van der Waals surface area contributed by atoms with Crippen LogP contribution in [0, 0.1) is 5.92 Å². The molecule has 126 valence electrons. The molecule has 2 atom stereocenters. The second kappa shape index (κ2) is 5.93. The molecule has 1 amide bonds. The van der Waals surface area contributed by atoms with Gasteiger partial charge in [0, 0.05) is 41.5 Å². The van der Waals surface area contributed by atoms with Gasteiger partial charge in [0.15, 0.2) is 0 Å². The molecular weight excluding hydrogens is 338 g/mol. The van der Waals surface area contributed by atoms with Gasteiger partial charge < -0.3 is 0 Å².